The lowest BCUT2D eigenvalue weighted by molar-refractivity contribution is -0.147. The first-order valence-electron chi connectivity index (χ1n) is 11.0. The first-order valence-corrected chi connectivity index (χ1v) is 11.9. The van der Waals surface area contributed by atoms with Crippen LogP contribution in [0, 0.1) is 17.6 Å². The van der Waals surface area contributed by atoms with E-state index < -0.39 is 17.6 Å². The fourth-order valence-electron chi connectivity index (χ4n) is 3.88. The molecule has 2 aromatic carbocycles. The Balaban J connectivity index is 1.29. The van der Waals surface area contributed by atoms with Gasteiger partial charge in [0.05, 0.1) is 10.8 Å². The van der Waals surface area contributed by atoms with Crippen molar-refractivity contribution in [2.45, 2.75) is 19.9 Å². The van der Waals surface area contributed by atoms with Gasteiger partial charge < -0.3 is 14.4 Å². The third-order valence-electron chi connectivity index (χ3n) is 5.80. The van der Waals surface area contributed by atoms with Crippen LogP contribution < -0.4 is 4.74 Å². The minimum Gasteiger partial charge on any atom is -0.481 e. The van der Waals surface area contributed by atoms with Crippen LogP contribution in [-0.2, 0) is 17.8 Å². The number of halogens is 2. The number of carboxylic acids is 1. The molecule has 1 saturated heterocycles. The molecule has 1 aliphatic rings. The third-order valence-corrected chi connectivity index (χ3v) is 6.96. The number of aromatic nitrogens is 2. The lowest BCUT2D eigenvalue weighted by Gasteiger charge is -2.36. The minimum atomic E-state index is -1.05. The van der Waals surface area contributed by atoms with E-state index in [0.29, 0.717) is 42.7 Å². The monoisotopic (exact) mass is 497 g/mol. The average Bonchev–Trinajstić information content (AvgIpc) is 3.46. The molecule has 35 heavy (non-hydrogen) atoms. The number of aryl methyl sites for hydroxylation is 1. The molecule has 0 saturated carbocycles. The number of ether oxygens (including phenoxy) is 1. The van der Waals surface area contributed by atoms with Crippen LogP contribution >= 0.6 is 11.3 Å². The number of nitrogens with zero attached hydrogens (tertiary/aromatic N) is 3. The van der Waals surface area contributed by atoms with Gasteiger partial charge in [0.2, 0.25) is 11.6 Å². The summed E-state index contributed by atoms with van der Waals surface area (Å²) < 4.78 is 38.1. The SMILES string of the molecule is CCc1cc(CN2CC(C(=O)O)C2)sc1-c1noc(-c2ccc(Oc3cccc(F)c3F)cc2)n1. The quantitative estimate of drug-likeness (QED) is 0.338. The number of likely N-dealkylation sites (tertiary alicyclic amines) is 1. The van der Waals surface area contributed by atoms with Crippen molar-refractivity contribution in [1.82, 2.24) is 15.0 Å². The number of rotatable bonds is 8. The maximum atomic E-state index is 13.8. The van der Waals surface area contributed by atoms with Crippen molar-refractivity contribution in [2.24, 2.45) is 5.92 Å². The lowest BCUT2D eigenvalue weighted by atomic mass is 10.0. The molecule has 0 bridgehead atoms. The highest BCUT2D eigenvalue weighted by Gasteiger charge is 2.32. The molecule has 7 nitrogen and oxygen atoms in total. The second kappa shape index (κ2) is 9.55. The van der Waals surface area contributed by atoms with Crippen molar-refractivity contribution in [3.8, 4) is 33.7 Å². The Morgan fingerprint density at radius 2 is 2.00 bits per heavy atom. The van der Waals surface area contributed by atoms with E-state index in [2.05, 4.69) is 28.0 Å². The molecular formula is C25H21F2N3O4S. The molecule has 180 valence electrons. The summed E-state index contributed by atoms with van der Waals surface area (Å²) in [6, 6.07) is 12.5. The molecular weight excluding hydrogens is 476 g/mol. The Hall–Kier alpha value is -3.63. The number of carbonyl (C=O) groups is 1. The van der Waals surface area contributed by atoms with Gasteiger partial charge in [-0.15, -0.1) is 11.3 Å². The molecule has 1 aliphatic heterocycles. The molecule has 1 N–H and O–H groups in total. The summed E-state index contributed by atoms with van der Waals surface area (Å²) in [7, 11) is 0. The van der Waals surface area contributed by atoms with Crippen molar-refractivity contribution in [3.63, 3.8) is 0 Å². The van der Waals surface area contributed by atoms with E-state index in [0.717, 1.165) is 27.8 Å². The maximum absolute atomic E-state index is 13.8. The fourth-order valence-corrected chi connectivity index (χ4v) is 5.10. The number of aliphatic carboxylic acids is 1. The van der Waals surface area contributed by atoms with Crippen molar-refractivity contribution in [1.29, 1.82) is 0 Å². The normalized spacial score (nSPS) is 14.1. The Morgan fingerprint density at radius 3 is 2.71 bits per heavy atom. The molecule has 5 rings (SSSR count). The van der Waals surface area contributed by atoms with Crippen LogP contribution in [0.2, 0.25) is 0 Å². The zero-order valence-electron chi connectivity index (χ0n) is 18.7. The lowest BCUT2D eigenvalue weighted by Crippen LogP contribution is -2.49. The highest BCUT2D eigenvalue weighted by molar-refractivity contribution is 7.15. The summed E-state index contributed by atoms with van der Waals surface area (Å²) in [6.07, 6.45) is 0.802. The standard InChI is InChI=1S/C25H21F2N3O4S/c1-2-14-10-18(13-30-11-16(12-30)25(31)32)35-22(14)23-28-24(34-29-23)15-6-8-17(9-7-15)33-20-5-3-4-19(26)21(20)27/h3-10,16H,2,11-13H2,1H3,(H,31,32). The van der Waals surface area contributed by atoms with Crippen molar-refractivity contribution >= 4 is 17.3 Å². The number of hydrogen-bond donors (Lipinski definition) is 1. The van der Waals surface area contributed by atoms with E-state index in [4.69, 9.17) is 14.4 Å². The summed E-state index contributed by atoms with van der Waals surface area (Å²) in [5.74, 6) is -2.10. The molecule has 0 spiro atoms. The zero-order chi connectivity index (χ0) is 24.5. The van der Waals surface area contributed by atoms with Gasteiger partial charge in [-0.25, -0.2) is 4.39 Å². The summed E-state index contributed by atoms with van der Waals surface area (Å²) in [4.78, 5) is 19.7. The van der Waals surface area contributed by atoms with Gasteiger partial charge in [0.15, 0.2) is 11.6 Å². The molecule has 0 aliphatic carbocycles. The van der Waals surface area contributed by atoms with Gasteiger partial charge in [-0.3, -0.25) is 9.69 Å². The molecule has 1 fully saturated rings. The summed E-state index contributed by atoms with van der Waals surface area (Å²) in [6.45, 7) is 3.87. The zero-order valence-corrected chi connectivity index (χ0v) is 19.5. The third kappa shape index (κ3) is 4.80. The summed E-state index contributed by atoms with van der Waals surface area (Å²) >= 11 is 1.58. The summed E-state index contributed by atoms with van der Waals surface area (Å²) in [5, 5.41) is 13.2. The van der Waals surface area contributed by atoms with E-state index in [1.54, 1.807) is 35.6 Å². The summed E-state index contributed by atoms with van der Waals surface area (Å²) in [5.41, 5.74) is 1.76. The number of benzene rings is 2. The van der Waals surface area contributed by atoms with Crippen LogP contribution in [0.3, 0.4) is 0 Å². The number of hydrogen-bond acceptors (Lipinski definition) is 7. The van der Waals surface area contributed by atoms with E-state index in [1.807, 2.05) is 0 Å². The van der Waals surface area contributed by atoms with Crippen LogP contribution in [0.5, 0.6) is 11.5 Å². The van der Waals surface area contributed by atoms with Gasteiger partial charge in [0.25, 0.3) is 5.89 Å². The first-order chi connectivity index (χ1) is 16.9. The molecule has 0 radical (unpaired) electrons. The van der Waals surface area contributed by atoms with E-state index >= 15 is 0 Å². The molecule has 0 unspecified atom stereocenters. The molecule has 0 amide bonds. The van der Waals surface area contributed by atoms with Gasteiger partial charge in [-0.1, -0.05) is 18.1 Å². The van der Waals surface area contributed by atoms with Crippen LogP contribution in [0.25, 0.3) is 22.2 Å². The molecule has 0 atom stereocenters. The maximum Gasteiger partial charge on any atom is 0.309 e. The molecule has 4 aromatic rings. The number of carboxylic acid groups (broad SMARTS) is 1. The molecule has 2 aromatic heterocycles. The van der Waals surface area contributed by atoms with E-state index in [1.165, 1.54) is 12.1 Å². The second-order valence-electron chi connectivity index (χ2n) is 8.25. The van der Waals surface area contributed by atoms with Gasteiger partial charge >= 0.3 is 5.97 Å². The van der Waals surface area contributed by atoms with Crippen LogP contribution in [0.15, 0.2) is 53.1 Å². The van der Waals surface area contributed by atoms with Gasteiger partial charge in [0.1, 0.15) is 5.75 Å². The largest absolute Gasteiger partial charge is 0.481 e. The highest BCUT2D eigenvalue weighted by atomic mass is 32.1. The average molecular weight is 498 g/mol. The van der Waals surface area contributed by atoms with E-state index in [-0.39, 0.29) is 11.7 Å². The Morgan fingerprint density at radius 1 is 1.23 bits per heavy atom. The van der Waals surface area contributed by atoms with Crippen LogP contribution in [0.1, 0.15) is 17.4 Å². The van der Waals surface area contributed by atoms with Crippen molar-refractivity contribution in [2.75, 3.05) is 13.1 Å². The Bertz CT molecular complexity index is 1360. The van der Waals surface area contributed by atoms with Crippen LogP contribution in [-0.4, -0.2) is 39.2 Å². The first kappa shape index (κ1) is 23.1. The fraction of sp³-hybridized carbons (Fsp3) is 0.240. The van der Waals surface area contributed by atoms with Crippen molar-refractivity contribution < 1.29 is 27.9 Å². The van der Waals surface area contributed by atoms with Gasteiger partial charge in [-0.2, -0.15) is 9.37 Å². The second-order valence-corrected chi connectivity index (χ2v) is 9.39. The topological polar surface area (TPSA) is 88.7 Å². The van der Waals surface area contributed by atoms with Gasteiger partial charge in [0, 0.05) is 30.1 Å². The van der Waals surface area contributed by atoms with E-state index in [9.17, 15) is 13.6 Å². The van der Waals surface area contributed by atoms with Crippen molar-refractivity contribution in [3.05, 3.63) is 70.6 Å². The highest BCUT2D eigenvalue weighted by Crippen LogP contribution is 2.35. The Kier molecular flexibility index (Phi) is 6.31. The predicted octanol–water partition coefficient (Wildman–Crippen LogP) is 5.61. The molecule has 10 heteroatoms. The minimum absolute atomic E-state index is 0.199. The van der Waals surface area contributed by atoms with Gasteiger partial charge in [-0.05, 0) is 54.4 Å². The smallest absolute Gasteiger partial charge is 0.309 e. The predicted molar refractivity (Wildman–Crippen MR) is 125 cm³/mol. The molecule has 3 heterocycles. The Labute approximate surface area is 203 Å². The number of thiophene rings is 1. The van der Waals surface area contributed by atoms with Crippen LogP contribution in [0.4, 0.5) is 8.78 Å².